The molecule has 4 aromatic carbocycles. The number of amides is 4. The monoisotopic (exact) mass is 579 g/mol. The Bertz CT molecular complexity index is 1630. The molecule has 0 aromatic heterocycles. The smallest absolute Gasteiger partial charge is 0.261 e. The summed E-state index contributed by atoms with van der Waals surface area (Å²) in [5.41, 5.74) is 2.35. The fraction of sp³-hybridized carbons (Fsp3) is 0.294. The Hall–Kier alpha value is -4.01. The molecule has 0 N–H and O–H groups in total. The standard InChI is InChI=1S/C34H33N3O4S/c1-22(2)35(17-18-36-31(38)25-12-3-8-23-9-4-13-26(29(23)25)32(36)39)16-7-20-42-21-19-37-33(40)27-14-5-10-24-11-6-15-28(30(24)27)34(37)41/h3-6,8-15,22H,7,16-21H2,1-2H3. The SMILES string of the molecule is CC(C)N(CCCSCCN1C(=O)c2cccc3cccc(c23)C1=O)CCN1C(=O)c2cccc3cccc(c23)C1=O. The van der Waals surface area contributed by atoms with Crippen LogP contribution in [0, 0.1) is 0 Å². The number of benzene rings is 4. The van der Waals surface area contributed by atoms with Crippen LogP contribution in [0.2, 0.25) is 0 Å². The van der Waals surface area contributed by atoms with E-state index in [4.69, 9.17) is 0 Å². The van der Waals surface area contributed by atoms with Crippen molar-refractivity contribution in [3.8, 4) is 0 Å². The van der Waals surface area contributed by atoms with Crippen molar-refractivity contribution in [2.45, 2.75) is 26.3 Å². The summed E-state index contributed by atoms with van der Waals surface area (Å²) in [7, 11) is 0. The van der Waals surface area contributed by atoms with E-state index in [2.05, 4.69) is 18.7 Å². The van der Waals surface area contributed by atoms with Gasteiger partial charge in [0, 0.05) is 64.5 Å². The zero-order valence-electron chi connectivity index (χ0n) is 23.8. The summed E-state index contributed by atoms with van der Waals surface area (Å²) in [6, 6.07) is 22.6. The molecule has 0 spiro atoms. The summed E-state index contributed by atoms with van der Waals surface area (Å²) in [6.07, 6.45) is 0.914. The summed E-state index contributed by atoms with van der Waals surface area (Å²) in [6.45, 7) is 6.36. The normalized spacial score (nSPS) is 14.8. The van der Waals surface area contributed by atoms with Gasteiger partial charge in [-0.05, 0) is 67.6 Å². The largest absolute Gasteiger partial charge is 0.299 e. The van der Waals surface area contributed by atoms with Gasteiger partial charge in [0.2, 0.25) is 0 Å². The van der Waals surface area contributed by atoms with Crippen molar-refractivity contribution in [3.05, 3.63) is 95.1 Å². The number of imide groups is 2. The van der Waals surface area contributed by atoms with Crippen molar-refractivity contribution in [2.24, 2.45) is 0 Å². The Kier molecular flexibility index (Phi) is 7.84. The third-order valence-corrected chi connectivity index (χ3v) is 9.29. The number of hydrogen-bond acceptors (Lipinski definition) is 6. The summed E-state index contributed by atoms with van der Waals surface area (Å²) in [4.78, 5) is 57.8. The maximum atomic E-state index is 13.3. The van der Waals surface area contributed by atoms with Crippen LogP contribution in [0.25, 0.3) is 21.5 Å². The second-order valence-electron chi connectivity index (χ2n) is 11.0. The van der Waals surface area contributed by atoms with Crippen LogP contribution in [-0.2, 0) is 0 Å². The second kappa shape index (κ2) is 11.7. The van der Waals surface area contributed by atoms with E-state index in [1.807, 2.05) is 48.5 Å². The van der Waals surface area contributed by atoms with Gasteiger partial charge in [-0.2, -0.15) is 11.8 Å². The first-order valence-electron chi connectivity index (χ1n) is 14.4. The number of hydrogen-bond donors (Lipinski definition) is 0. The van der Waals surface area contributed by atoms with Crippen molar-refractivity contribution in [1.82, 2.24) is 14.7 Å². The minimum absolute atomic E-state index is 0.225. The van der Waals surface area contributed by atoms with Gasteiger partial charge in [-0.15, -0.1) is 0 Å². The molecule has 0 atom stereocenters. The third-order valence-electron chi connectivity index (χ3n) is 8.25. The quantitative estimate of drug-likeness (QED) is 0.167. The van der Waals surface area contributed by atoms with Crippen LogP contribution in [0.3, 0.4) is 0 Å². The first-order valence-corrected chi connectivity index (χ1v) is 15.6. The van der Waals surface area contributed by atoms with Gasteiger partial charge in [0.25, 0.3) is 23.6 Å². The third kappa shape index (κ3) is 4.99. The first-order chi connectivity index (χ1) is 20.4. The molecule has 0 unspecified atom stereocenters. The van der Waals surface area contributed by atoms with Gasteiger partial charge >= 0.3 is 0 Å². The molecule has 214 valence electrons. The van der Waals surface area contributed by atoms with Gasteiger partial charge in [0.15, 0.2) is 0 Å². The molecule has 4 aromatic rings. The van der Waals surface area contributed by atoms with E-state index in [1.165, 1.54) is 9.80 Å². The molecule has 7 nitrogen and oxygen atoms in total. The molecule has 0 radical (unpaired) electrons. The fourth-order valence-corrected chi connectivity index (χ4v) is 6.90. The molecule has 2 aliphatic heterocycles. The van der Waals surface area contributed by atoms with E-state index in [0.29, 0.717) is 47.6 Å². The predicted octanol–water partition coefficient (Wildman–Crippen LogP) is 5.72. The van der Waals surface area contributed by atoms with Crippen LogP contribution in [0.5, 0.6) is 0 Å². The van der Waals surface area contributed by atoms with Crippen LogP contribution < -0.4 is 0 Å². The van der Waals surface area contributed by atoms with Gasteiger partial charge in [-0.3, -0.25) is 33.9 Å². The van der Waals surface area contributed by atoms with Gasteiger partial charge < -0.3 is 0 Å². The molecule has 2 heterocycles. The summed E-state index contributed by atoms with van der Waals surface area (Å²) >= 11 is 1.72. The van der Waals surface area contributed by atoms with Crippen molar-refractivity contribution < 1.29 is 19.2 Å². The zero-order chi connectivity index (χ0) is 29.4. The van der Waals surface area contributed by atoms with Crippen LogP contribution in [-0.4, -0.2) is 82.1 Å². The molecule has 0 fully saturated rings. The predicted molar refractivity (Wildman–Crippen MR) is 167 cm³/mol. The van der Waals surface area contributed by atoms with Crippen molar-refractivity contribution in [3.63, 3.8) is 0 Å². The molecule has 0 aliphatic carbocycles. The summed E-state index contributed by atoms with van der Waals surface area (Å²) in [5, 5.41) is 3.32. The van der Waals surface area contributed by atoms with Crippen molar-refractivity contribution in [1.29, 1.82) is 0 Å². The lowest BCUT2D eigenvalue weighted by Crippen LogP contribution is -2.46. The molecule has 42 heavy (non-hydrogen) atoms. The lowest BCUT2D eigenvalue weighted by molar-refractivity contribution is 0.0579. The molecular formula is C34H33N3O4S. The highest BCUT2D eigenvalue weighted by atomic mass is 32.2. The maximum absolute atomic E-state index is 13.3. The summed E-state index contributed by atoms with van der Waals surface area (Å²) < 4.78 is 0. The second-order valence-corrected chi connectivity index (χ2v) is 12.3. The number of carbonyl (C=O) groups is 4. The molecule has 6 rings (SSSR count). The lowest BCUT2D eigenvalue weighted by atomic mass is 9.94. The Balaban J connectivity index is 0.999. The molecule has 0 bridgehead atoms. The Morgan fingerprint density at radius 2 is 1.02 bits per heavy atom. The topological polar surface area (TPSA) is 78.0 Å². The van der Waals surface area contributed by atoms with Crippen LogP contribution in [0.1, 0.15) is 61.7 Å². The van der Waals surface area contributed by atoms with E-state index in [9.17, 15) is 19.2 Å². The van der Waals surface area contributed by atoms with Gasteiger partial charge in [-0.25, -0.2) is 0 Å². The van der Waals surface area contributed by atoms with Crippen LogP contribution in [0.15, 0.2) is 72.8 Å². The highest BCUT2D eigenvalue weighted by Gasteiger charge is 2.33. The van der Waals surface area contributed by atoms with Crippen molar-refractivity contribution in [2.75, 3.05) is 37.7 Å². The van der Waals surface area contributed by atoms with Crippen LogP contribution in [0.4, 0.5) is 0 Å². The lowest BCUT2D eigenvalue weighted by Gasteiger charge is -2.31. The van der Waals surface area contributed by atoms with Crippen molar-refractivity contribution >= 4 is 56.9 Å². The number of nitrogens with zero attached hydrogens (tertiary/aromatic N) is 3. The molecule has 2 aliphatic rings. The van der Waals surface area contributed by atoms with E-state index in [-0.39, 0.29) is 29.7 Å². The number of thioether (sulfide) groups is 1. The van der Waals surface area contributed by atoms with E-state index < -0.39 is 0 Å². The Morgan fingerprint density at radius 3 is 1.45 bits per heavy atom. The molecule has 0 saturated heterocycles. The molecular weight excluding hydrogens is 546 g/mol. The average molecular weight is 580 g/mol. The van der Waals surface area contributed by atoms with Gasteiger partial charge in [0.05, 0.1) is 0 Å². The fourth-order valence-electron chi connectivity index (χ4n) is 6.05. The van der Waals surface area contributed by atoms with Gasteiger partial charge in [-0.1, -0.05) is 48.5 Å². The first kappa shape index (κ1) is 28.1. The highest BCUT2D eigenvalue weighted by molar-refractivity contribution is 7.99. The Labute approximate surface area is 249 Å². The summed E-state index contributed by atoms with van der Waals surface area (Å²) in [5.74, 6) is 0.628. The number of rotatable bonds is 11. The van der Waals surface area contributed by atoms with E-state index >= 15 is 0 Å². The van der Waals surface area contributed by atoms with Gasteiger partial charge in [0.1, 0.15) is 0 Å². The van der Waals surface area contributed by atoms with E-state index in [0.717, 1.165) is 40.3 Å². The molecule has 0 saturated carbocycles. The minimum atomic E-state index is -0.232. The van der Waals surface area contributed by atoms with E-state index in [1.54, 1.807) is 36.0 Å². The zero-order valence-corrected chi connectivity index (χ0v) is 24.7. The molecule has 8 heteroatoms. The highest BCUT2D eigenvalue weighted by Crippen LogP contribution is 2.31. The average Bonchev–Trinajstić information content (AvgIpc) is 3.00. The minimum Gasteiger partial charge on any atom is -0.299 e. The van der Waals surface area contributed by atoms with Crippen LogP contribution >= 0.6 is 11.8 Å². The molecule has 4 amide bonds. The maximum Gasteiger partial charge on any atom is 0.261 e. The number of carbonyl (C=O) groups excluding carboxylic acids is 4. The Morgan fingerprint density at radius 1 is 0.595 bits per heavy atom.